The van der Waals surface area contributed by atoms with Gasteiger partial charge in [0.2, 0.25) is 11.8 Å². The van der Waals surface area contributed by atoms with Crippen molar-refractivity contribution in [3.05, 3.63) is 41.1 Å². The molecule has 25 heavy (non-hydrogen) atoms. The van der Waals surface area contributed by atoms with Crippen molar-refractivity contribution >= 4 is 17.6 Å². The van der Waals surface area contributed by atoms with Crippen molar-refractivity contribution in [2.24, 2.45) is 5.92 Å². The normalized spacial score (nSPS) is 16.6. The number of fused-ring (bicyclic) bond motifs is 1. The minimum atomic E-state index is -0.572. The van der Waals surface area contributed by atoms with Crippen molar-refractivity contribution in [3.8, 4) is 0 Å². The van der Waals surface area contributed by atoms with Crippen LogP contribution in [0, 0.1) is 12.8 Å². The summed E-state index contributed by atoms with van der Waals surface area (Å²) in [5, 5.41) is 10.1. The van der Waals surface area contributed by atoms with Gasteiger partial charge in [0.25, 0.3) is 0 Å². The Labute approximate surface area is 146 Å². The molecule has 1 atom stereocenters. The van der Waals surface area contributed by atoms with E-state index in [2.05, 4.69) is 20.3 Å². The van der Waals surface area contributed by atoms with Crippen molar-refractivity contribution in [3.63, 3.8) is 0 Å². The van der Waals surface area contributed by atoms with Gasteiger partial charge in [0.05, 0.1) is 0 Å². The van der Waals surface area contributed by atoms with Gasteiger partial charge < -0.3 is 10.2 Å². The van der Waals surface area contributed by atoms with E-state index in [0.29, 0.717) is 30.9 Å². The first-order valence-electron chi connectivity index (χ1n) is 8.42. The molecule has 2 amide bonds. The van der Waals surface area contributed by atoms with Crippen LogP contribution in [-0.2, 0) is 22.6 Å². The van der Waals surface area contributed by atoms with Crippen LogP contribution in [-0.4, -0.2) is 33.1 Å². The third-order valence-electron chi connectivity index (χ3n) is 4.35. The van der Waals surface area contributed by atoms with E-state index in [1.807, 2.05) is 38.1 Å². The van der Waals surface area contributed by atoms with Crippen LogP contribution in [0.5, 0.6) is 0 Å². The fraction of sp³-hybridized carbons (Fsp3) is 0.444. The molecule has 1 aliphatic rings. The molecule has 1 aromatic carbocycles. The molecule has 0 saturated heterocycles. The van der Waals surface area contributed by atoms with Crippen LogP contribution in [0.1, 0.15) is 37.1 Å². The van der Waals surface area contributed by atoms with Gasteiger partial charge in [-0.25, -0.2) is 4.63 Å². The average Bonchev–Trinajstić information content (AvgIpc) is 2.97. The SMILES string of the molecule is Cc1nonc1NC(=O)[C@@H]1Cc2ccccc2CN1C(=O)CC(C)C. The molecule has 0 saturated carbocycles. The Morgan fingerprint density at radius 2 is 2.00 bits per heavy atom. The molecule has 0 radical (unpaired) electrons. The van der Waals surface area contributed by atoms with E-state index in [9.17, 15) is 9.59 Å². The number of hydrogen-bond acceptors (Lipinski definition) is 5. The fourth-order valence-electron chi connectivity index (χ4n) is 3.03. The number of aryl methyl sites for hydroxylation is 1. The molecular formula is C18H22N4O3. The smallest absolute Gasteiger partial charge is 0.248 e. The van der Waals surface area contributed by atoms with E-state index in [-0.39, 0.29) is 17.7 Å². The Balaban J connectivity index is 1.86. The van der Waals surface area contributed by atoms with Gasteiger partial charge in [0.1, 0.15) is 11.7 Å². The first kappa shape index (κ1) is 17.1. The van der Waals surface area contributed by atoms with E-state index >= 15 is 0 Å². The highest BCUT2D eigenvalue weighted by atomic mass is 16.6. The van der Waals surface area contributed by atoms with Crippen LogP contribution >= 0.6 is 0 Å². The molecule has 0 bridgehead atoms. The molecule has 7 nitrogen and oxygen atoms in total. The average molecular weight is 342 g/mol. The van der Waals surface area contributed by atoms with E-state index in [0.717, 1.165) is 11.1 Å². The molecule has 0 aliphatic carbocycles. The van der Waals surface area contributed by atoms with Gasteiger partial charge >= 0.3 is 0 Å². The minimum Gasteiger partial charge on any atom is -0.326 e. The number of benzene rings is 1. The zero-order valence-electron chi connectivity index (χ0n) is 14.7. The van der Waals surface area contributed by atoms with Crippen LogP contribution in [0.25, 0.3) is 0 Å². The van der Waals surface area contributed by atoms with Crippen LogP contribution < -0.4 is 5.32 Å². The number of amides is 2. The number of nitrogens with zero attached hydrogens (tertiary/aromatic N) is 3. The summed E-state index contributed by atoms with van der Waals surface area (Å²) in [6.45, 7) is 6.13. The molecule has 1 aliphatic heterocycles. The van der Waals surface area contributed by atoms with Crippen LogP contribution in [0.3, 0.4) is 0 Å². The maximum Gasteiger partial charge on any atom is 0.248 e. The zero-order valence-corrected chi connectivity index (χ0v) is 14.7. The monoisotopic (exact) mass is 342 g/mol. The number of anilines is 1. The van der Waals surface area contributed by atoms with Crippen LogP contribution in [0.4, 0.5) is 5.82 Å². The van der Waals surface area contributed by atoms with Crippen molar-refractivity contribution in [1.82, 2.24) is 15.2 Å². The lowest BCUT2D eigenvalue weighted by Gasteiger charge is -2.36. The molecule has 3 rings (SSSR count). The first-order valence-corrected chi connectivity index (χ1v) is 8.42. The van der Waals surface area contributed by atoms with Crippen LogP contribution in [0.15, 0.2) is 28.9 Å². The van der Waals surface area contributed by atoms with Gasteiger partial charge in [-0.15, -0.1) is 0 Å². The Hall–Kier alpha value is -2.70. The van der Waals surface area contributed by atoms with E-state index in [4.69, 9.17) is 0 Å². The largest absolute Gasteiger partial charge is 0.326 e. The molecule has 2 heterocycles. The summed E-state index contributed by atoms with van der Waals surface area (Å²) in [4.78, 5) is 27.2. The number of carbonyl (C=O) groups excluding carboxylic acids is 2. The summed E-state index contributed by atoms with van der Waals surface area (Å²) >= 11 is 0. The van der Waals surface area contributed by atoms with Gasteiger partial charge in [-0.05, 0) is 29.1 Å². The molecule has 0 fully saturated rings. The van der Waals surface area contributed by atoms with Gasteiger partial charge in [0, 0.05) is 19.4 Å². The highest BCUT2D eigenvalue weighted by Crippen LogP contribution is 2.25. The van der Waals surface area contributed by atoms with E-state index in [1.54, 1.807) is 11.8 Å². The quantitative estimate of drug-likeness (QED) is 0.921. The molecule has 0 unspecified atom stereocenters. The number of hydrogen-bond donors (Lipinski definition) is 1. The number of carbonyl (C=O) groups is 2. The Morgan fingerprint density at radius 1 is 1.28 bits per heavy atom. The fourth-order valence-corrected chi connectivity index (χ4v) is 3.03. The summed E-state index contributed by atoms with van der Waals surface area (Å²) in [6.07, 6.45) is 0.895. The number of aromatic nitrogens is 2. The second-order valence-corrected chi connectivity index (χ2v) is 6.80. The molecule has 2 aromatic rings. The lowest BCUT2D eigenvalue weighted by atomic mass is 9.92. The molecule has 7 heteroatoms. The summed E-state index contributed by atoms with van der Waals surface area (Å²) in [5.41, 5.74) is 2.68. The second-order valence-electron chi connectivity index (χ2n) is 6.80. The molecule has 1 aromatic heterocycles. The van der Waals surface area contributed by atoms with Crippen molar-refractivity contribution in [1.29, 1.82) is 0 Å². The summed E-state index contributed by atoms with van der Waals surface area (Å²) < 4.78 is 4.62. The third kappa shape index (κ3) is 3.70. The van der Waals surface area contributed by atoms with Crippen molar-refractivity contribution in [2.75, 3.05) is 5.32 Å². The Kier molecular flexibility index (Phi) is 4.83. The van der Waals surface area contributed by atoms with Gasteiger partial charge in [-0.2, -0.15) is 0 Å². The summed E-state index contributed by atoms with van der Waals surface area (Å²) in [6, 6.07) is 7.34. The molecular weight excluding hydrogens is 320 g/mol. The number of rotatable bonds is 4. The van der Waals surface area contributed by atoms with E-state index in [1.165, 1.54) is 0 Å². The van der Waals surface area contributed by atoms with Gasteiger partial charge in [0.15, 0.2) is 5.82 Å². The minimum absolute atomic E-state index is 0.0142. The van der Waals surface area contributed by atoms with Gasteiger partial charge in [-0.3, -0.25) is 9.59 Å². The Bertz CT molecular complexity index is 784. The number of nitrogens with one attached hydrogen (secondary N) is 1. The lowest BCUT2D eigenvalue weighted by Crippen LogP contribution is -2.51. The highest BCUT2D eigenvalue weighted by molar-refractivity contribution is 5.97. The standard InChI is InChI=1S/C18H22N4O3/c1-11(2)8-16(23)22-10-14-7-5-4-6-13(14)9-15(22)18(24)19-17-12(3)20-25-21-17/h4-7,11,15H,8-10H2,1-3H3,(H,19,21,24)/t15-/m0/s1. The van der Waals surface area contributed by atoms with Gasteiger partial charge in [-0.1, -0.05) is 43.3 Å². The molecule has 132 valence electrons. The third-order valence-corrected chi connectivity index (χ3v) is 4.35. The zero-order chi connectivity index (χ0) is 18.0. The maximum atomic E-state index is 12.8. The predicted octanol–water partition coefficient (Wildman–Crippen LogP) is 2.32. The second kappa shape index (κ2) is 7.04. The van der Waals surface area contributed by atoms with Crippen LogP contribution in [0.2, 0.25) is 0 Å². The summed E-state index contributed by atoms with van der Waals surface area (Å²) in [5.74, 6) is 0.237. The summed E-state index contributed by atoms with van der Waals surface area (Å²) in [7, 11) is 0. The maximum absolute atomic E-state index is 12.8. The first-order chi connectivity index (χ1) is 12.0. The molecule has 0 spiro atoms. The van der Waals surface area contributed by atoms with Crippen molar-refractivity contribution < 1.29 is 14.2 Å². The lowest BCUT2D eigenvalue weighted by molar-refractivity contribution is -0.140. The van der Waals surface area contributed by atoms with E-state index < -0.39 is 6.04 Å². The Morgan fingerprint density at radius 3 is 2.64 bits per heavy atom. The highest BCUT2D eigenvalue weighted by Gasteiger charge is 2.35. The molecule has 1 N–H and O–H groups in total. The van der Waals surface area contributed by atoms with Crippen molar-refractivity contribution in [2.45, 2.75) is 46.2 Å². The topological polar surface area (TPSA) is 88.3 Å². The predicted molar refractivity (Wildman–Crippen MR) is 91.6 cm³/mol.